The Morgan fingerprint density at radius 3 is 2.57 bits per heavy atom. The number of likely N-dealkylation sites (N-methyl/N-ethyl adjacent to an activating group) is 1. The SMILES string of the molecule is CCN(CC)[C@]1(C)CCN(c2cc(F)c(S(=O)(=O)Nc3cccc(F)n3)c(Cl)c2)C1. The molecule has 1 aliphatic rings. The predicted octanol–water partition coefficient (Wildman–Crippen LogP) is 4.12. The normalized spacial score (nSPS) is 19.5. The van der Waals surface area contributed by atoms with E-state index in [0.717, 1.165) is 25.6 Å². The summed E-state index contributed by atoms with van der Waals surface area (Å²) < 4.78 is 55.5. The molecule has 1 atom stereocenters. The largest absolute Gasteiger partial charge is 0.369 e. The molecule has 0 amide bonds. The van der Waals surface area contributed by atoms with Crippen molar-refractivity contribution >= 4 is 33.1 Å². The van der Waals surface area contributed by atoms with Gasteiger partial charge in [0, 0.05) is 24.3 Å². The zero-order valence-electron chi connectivity index (χ0n) is 17.1. The molecule has 164 valence electrons. The van der Waals surface area contributed by atoms with E-state index in [2.05, 4.69) is 35.4 Å². The summed E-state index contributed by atoms with van der Waals surface area (Å²) in [4.78, 5) is 7.11. The van der Waals surface area contributed by atoms with Crippen molar-refractivity contribution < 1.29 is 17.2 Å². The molecule has 6 nitrogen and oxygen atoms in total. The summed E-state index contributed by atoms with van der Waals surface area (Å²) in [5, 5.41) is -0.245. The average Bonchev–Trinajstić information content (AvgIpc) is 3.04. The minimum atomic E-state index is -4.39. The van der Waals surface area contributed by atoms with Crippen molar-refractivity contribution in [2.45, 2.75) is 37.6 Å². The maximum Gasteiger partial charge on any atom is 0.267 e. The molecule has 1 aromatic carbocycles. The van der Waals surface area contributed by atoms with Gasteiger partial charge in [0.15, 0.2) is 0 Å². The first-order valence-corrected chi connectivity index (χ1v) is 11.6. The van der Waals surface area contributed by atoms with Gasteiger partial charge in [-0.05, 0) is 50.7 Å². The molecule has 30 heavy (non-hydrogen) atoms. The van der Waals surface area contributed by atoms with E-state index in [-0.39, 0.29) is 16.4 Å². The molecule has 0 spiro atoms. The smallest absolute Gasteiger partial charge is 0.267 e. The van der Waals surface area contributed by atoms with E-state index in [4.69, 9.17) is 11.6 Å². The van der Waals surface area contributed by atoms with Crippen LogP contribution < -0.4 is 9.62 Å². The van der Waals surface area contributed by atoms with Gasteiger partial charge in [-0.25, -0.2) is 17.8 Å². The molecule has 0 saturated carbocycles. The van der Waals surface area contributed by atoms with Gasteiger partial charge < -0.3 is 4.90 Å². The van der Waals surface area contributed by atoms with E-state index in [9.17, 15) is 17.2 Å². The number of aromatic nitrogens is 1. The highest BCUT2D eigenvalue weighted by Gasteiger charge is 2.38. The highest BCUT2D eigenvalue weighted by molar-refractivity contribution is 7.92. The Bertz CT molecular complexity index is 1010. The van der Waals surface area contributed by atoms with Gasteiger partial charge in [-0.3, -0.25) is 9.62 Å². The number of pyridine rings is 1. The minimum Gasteiger partial charge on any atom is -0.369 e. The molecule has 10 heteroatoms. The van der Waals surface area contributed by atoms with Gasteiger partial charge in [0.25, 0.3) is 10.0 Å². The number of anilines is 2. The van der Waals surface area contributed by atoms with Gasteiger partial charge >= 0.3 is 0 Å². The van der Waals surface area contributed by atoms with Gasteiger partial charge in [-0.15, -0.1) is 0 Å². The summed E-state index contributed by atoms with van der Waals surface area (Å²) in [7, 11) is -4.39. The fourth-order valence-corrected chi connectivity index (χ4v) is 5.68. The van der Waals surface area contributed by atoms with Crippen LogP contribution >= 0.6 is 11.6 Å². The fourth-order valence-electron chi connectivity index (χ4n) is 4.05. The summed E-state index contributed by atoms with van der Waals surface area (Å²) in [6, 6.07) is 6.25. The van der Waals surface area contributed by atoms with E-state index in [1.165, 1.54) is 24.3 Å². The quantitative estimate of drug-likeness (QED) is 0.632. The number of nitrogens with zero attached hydrogens (tertiary/aromatic N) is 3. The Morgan fingerprint density at radius 2 is 1.97 bits per heavy atom. The lowest BCUT2D eigenvalue weighted by Gasteiger charge is -2.37. The van der Waals surface area contributed by atoms with Crippen molar-refractivity contribution in [3.63, 3.8) is 0 Å². The van der Waals surface area contributed by atoms with Gasteiger partial charge in [0.05, 0.1) is 5.02 Å². The van der Waals surface area contributed by atoms with Crippen LogP contribution in [0.15, 0.2) is 35.2 Å². The standard InChI is InChI=1S/C20H25ClF2N4O2S/c1-4-27(5-2)20(3)9-10-26(13-20)14-11-15(21)19(16(22)12-14)30(28,29)25-18-8-6-7-17(23)24-18/h6-8,11-12H,4-5,9-10,13H2,1-3H3,(H,24,25)/t20-/m1/s1. The third-order valence-electron chi connectivity index (χ3n) is 5.55. The highest BCUT2D eigenvalue weighted by atomic mass is 35.5. The molecule has 1 N–H and O–H groups in total. The second-order valence-electron chi connectivity index (χ2n) is 7.53. The van der Waals surface area contributed by atoms with Gasteiger partial charge in [-0.2, -0.15) is 4.39 Å². The Morgan fingerprint density at radius 1 is 1.27 bits per heavy atom. The molecule has 1 fully saturated rings. The number of hydrogen-bond donors (Lipinski definition) is 1. The average molecular weight is 459 g/mol. The summed E-state index contributed by atoms with van der Waals surface area (Å²) in [6.07, 6.45) is 0.904. The topological polar surface area (TPSA) is 65.5 Å². The van der Waals surface area contributed by atoms with Crippen molar-refractivity contribution in [3.8, 4) is 0 Å². The van der Waals surface area contributed by atoms with Crippen LogP contribution in [-0.2, 0) is 10.0 Å². The summed E-state index contributed by atoms with van der Waals surface area (Å²) in [5.74, 6) is -2.09. The van der Waals surface area contributed by atoms with Crippen LogP contribution in [0.4, 0.5) is 20.3 Å². The third kappa shape index (κ3) is 4.53. The van der Waals surface area contributed by atoms with E-state index in [1.807, 2.05) is 4.90 Å². The Kier molecular flexibility index (Phi) is 6.54. The lowest BCUT2D eigenvalue weighted by atomic mass is 9.99. The van der Waals surface area contributed by atoms with Crippen LogP contribution in [0.3, 0.4) is 0 Å². The monoisotopic (exact) mass is 458 g/mol. The highest BCUT2D eigenvalue weighted by Crippen LogP contribution is 2.35. The molecule has 0 unspecified atom stereocenters. The van der Waals surface area contributed by atoms with Crippen LogP contribution in [0.5, 0.6) is 0 Å². The maximum absolute atomic E-state index is 14.9. The first-order chi connectivity index (χ1) is 14.1. The number of benzene rings is 1. The van der Waals surface area contributed by atoms with Gasteiger partial charge in [-0.1, -0.05) is 31.5 Å². The van der Waals surface area contributed by atoms with Crippen LogP contribution in [0.1, 0.15) is 27.2 Å². The molecular formula is C20H25ClF2N4O2S. The molecule has 0 bridgehead atoms. The molecule has 1 aliphatic heterocycles. The summed E-state index contributed by atoms with van der Waals surface area (Å²) in [5.41, 5.74) is 0.471. The Hall–Kier alpha value is -1.97. The van der Waals surface area contributed by atoms with E-state index < -0.39 is 26.7 Å². The zero-order chi connectivity index (χ0) is 22.1. The molecule has 2 aromatic rings. The van der Waals surface area contributed by atoms with E-state index in [0.29, 0.717) is 18.8 Å². The number of nitrogens with one attached hydrogen (secondary N) is 1. The number of hydrogen-bond acceptors (Lipinski definition) is 5. The van der Waals surface area contributed by atoms with Crippen molar-refractivity contribution in [2.24, 2.45) is 0 Å². The summed E-state index contributed by atoms with van der Waals surface area (Å²) >= 11 is 6.19. The second-order valence-corrected chi connectivity index (χ2v) is 9.56. The fraction of sp³-hybridized carbons (Fsp3) is 0.450. The zero-order valence-corrected chi connectivity index (χ0v) is 18.7. The molecule has 0 aliphatic carbocycles. The number of sulfonamides is 1. The lowest BCUT2D eigenvalue weighted by Crippen LogP contribution is -2.48. The first-order valence-electron chi connectivity index (χ1n) is 9.74. The Balaban J connectivity index is 1.87. The van der Waals surface area contributed by atoms with Gasteiger partial charge in [0.1, 0.15) is 16.5 Å². The summed E-state index contributed by atoms with van der Waals surface area (Å²) in [6.45, 7) is 9.59. The first kappa shape index (κ1) is 22.7. The van der Waals surface area contributed by atoms with E-state index >= 15 is 0 Å². The lowest BCUT2D eigenvalue weighted by molar-refractivity contribution is 0.137. The molecule has 2 heterocycles. The van der Waals surface area contributed by atoms with Crippen LogP contribution in [0.25, 0.3) is 0 Å². The Labute approximate surface area is 180 Å². The molecule has 1 aromatic heterocycles. The van der Waals surface area contributed by atoms with Crippen molar-refractivity contribution in [2.75, 3.05) is 35.8 Å². The van der Waals surface area contributed by atoms with Crippen LogP contribution in [0, 0.1) is 11.8 Å². The van der Waals surface area contributed by atoms with Crippen LogP contribution in [-0.4, -0.2) is 50.0 Å². The number of halogens is 3. The number of rotatable bonds is 7. The maximum atomic E-state index is 14.9. The predicted molar refractivity (Wildman–Crippen MR) is 115 cm³/mol. The third-order valence-corrected chi connectivity index (χ3v) is 7.39. The molecular weight excluding hydrogens is 434 g/mol. The second kappa shape index (κ2) is 8.64. The molecule has 0 radical (unpaired) electrons. The molecule has 1 saturated heterocycles. The van der Waals surface area contributed by atoms with Crippen LogP contribution in [0.2, 0.25) is 5.02 Å². The minimum absolute atomic E-state index is 0.0538. The van der Waals surface area contributed by atoms with Crippen molar-refractivity contribution in [1.29, 1.82) is 0 Å². The van der Waals surface area contributed by atoms with Crippen molar-refractivity contribution in [1.82, 2.24) is 9.88 Å². The van der Waals surface area contributed by atoms with Gasteiger partial charge in [0.2, 0.25) is 5.95 Å². The van der Waals surface area contributed by atoms with Crippen molar-refractivity contribution in [3.05, 3.63) is 47.1 Å². The molecule has 3 rings (SSSR count). The van der Waals surface area contributed by atoms with E-state index in [1.54, 1.807) is 0 Å².